The highest BCUT2D eigenvalue weighted by atomic mass is 35.5. The molecule has 4 aromatic rings. The molecule has 152 valence electrons. The summed E-state index contributed by atoms with van der Waals surface area (Å²) < 4.78 is 10.9. The van der Waals surface area contributed by atoms with Gasteiger partial charge in [0, 0.05) is 10.7 Å². The van der Waals surface area contributed by atoms with Crippen LogP contribution < -0.4 is 5.32 Å². The van der Waals surface area contributed by atoms with Gasteiger partial charge in [-0.15, -0.1) is 10.2 Å². The number of nitrogens with zero attached hydrogens (tertiary/aromatic N) is 3. The molecular weight excluding hydrogens is 424 g/mol. The Morgan fingerprint density at radius 1 is 1.07 bits per heavy atom. The normalized spacial score (nSPS) is 12.0. The first-order valence-electron chi connectivity index (χ1n) is 9.07. The summed E-state index contributed by atoms with van der Waals surface area (Å²) in [5.41, 5.74) is 2.53. The molecule has 7 nitrogen and oxygen atoms in total. The first-order valence-corrected chi connectivity index (χ1v) is 10.3. The fraction of sp³-hybridized carbons (Fsp3) is 0.143. The second kappa shape index (κ2) is 8.73. The minimum atomic E-state index is -0.467. The molecule has 4 rings (SSSR count). The van der Waals surface area contributed by atoms with Crippen molar-refractivity contribution in [2.24, 2.45) is 0 Å². The highest BCUT2D eigenvalue weighted by Gasteiger charge is 2.21. The van der Waals surface area contributed by atoms with Crippen LogP contribution in [0, 0.1) is 6.92 Å². The van der Waals surface area contributed by atoms with Gasteiger partial charge in [-0.3, -0.25) is 4.79 Å². The van der Waals surface area contributed by atoms with E-state index in [1.165, 1.54) is 11.8 Å². The molecule has 3 aromatic heterocycles. The largest absolute Gasteiger partial charge is 0.463 e. The van der Waals surface area contributed by atoms with Crippen LogP contribution in [0.2, 0.25) is 5.02 Å². The molecule has 0 aliphatic carbocycles. The minimum absolute atomic E-state index is 0.196. The second-order valence-corrected chi connectivity index (χ2v) is 8.17. The maximum absolute atomic E-state index is 12.6. The molecule has 3 heterocycles. The van der Waals surface area contributed by atoms with Crippen molar-refractivity contribution in [1.29, 1.82) is 0 Å². The Kier molecular flexibility index (Phi) is 5.87. The Labute approximate surface area is 181 Å². The molecular formula is C21H17ClN4O3S. The van der Waals surface area contributed by atoms with Gasteiger partial charge in [-0.25, -0.2) is 4.98 Å². The smallest absolute Gasteiger partial charge is 0.237 e. The lowest BCUT2D eigenvalue weighted by atomic mass is 10.2. The van der Waals surface area contributed by atoms with Crippen molar-refractivity contribution >= 4 is 35.0 Å². The monoisotopic (exact) mass is 440 g/mol. The van der Waals surface area contributed by atoms with E-state index in [1.54, 1.807) is 49.8 Å². The van der Waals surface area contributed by atoms with Gasteiger partial charge in [-0.05, 0) is 55.8 Å². The first-order chi connectivity index (χ1) is 14.5. The number of amides is 1. The fourth-order valence-corrected chi connectivity index (χ4v) is 3.55. The zero-order chi connectivity index (χ0) is 21.1. The summed E-state index contributed by atoms with van der Waals surface area (Å²) in [7, 11) is 0. The first kappa shape index (κ1) is 20.2. The van der Waals surface area contributed by atoms with Gasteiger partial charge >= 0.3 is 0 Å². The van der Waals surface area contributed by atoms with Crippen LogP contribution in [0.4, 0.5) is 5.69 Å². The maximum Gasteiger partial charge on any atom is 0.237 e. The number of nitrogens with one attached hydrogen (secondary N) is 1. The molecule has 0 bridgehead atoms. The topological polar surface area (TPSA) is 94.1 Å². The zero-order valence-corrected chi connectivity index (χ0v) is 17.7. The van der Waals surface area contributed by atoms with Crippen LogP contribution in [0.3, 0.4) is 0 Å². The number of rotatable bonds is 6. The molecule has 0 saturated carbocycles. The van der Waals surface area contributed by atoms with E-state index in [4.69, 9.17) is 20.4 Å². The average molecular weight is 441 g/mol. The molecule has 0 saturated heterocycles. The molecule has 1 unspecified atom stereocenters. The third-order valence-corrected chi connectivity index (χ3v) is 5.63. The highest BCUT2D eigenvalue weighted by molar-refractivity contribution is 8.00. The lowest BCUT2D eigenvalue weighted by Gasteiger charge is -2.12. The third-order valence-electron chi connectivity index (χ3n) is 4.27. The molecule has 0 aliphatic rings. The van der Waals surface area contributed by atoms with Crippen molar-refractivity contribution < 1.29 is 13.6 Å². The van der Waals surface area contributed by atoms with Crippen LogP contribution in [0.25, 0.3) is 22.9 Å². The van der Waals surface area contributed by atoms with Gasteiger partial charge in [-0.2, -0.15) is 0 Å². The summed E-state index contributed by atoms with van der Waals surface area (Å²) in [4.78, 5) is 17.2. The summed E-state index contributed by atoms with van der Waals surface area (Å²) >= 11 is 7.32. The Morgan fingerprint density at radius 2 is 1.77 bits per heavy atom. The summed E-state index contributed by atoms with van der Waals surface area (Å²) in [6, 6.07) is 12.5. The molecule has 1 N–H and O–H groups in total. The van der Waals surface area contributed by atoms with Gasteiger partial charge in [0.1, 0.15) is 5.69 Å². The van der Waals surface area contributed by atoms with Gasteiger partial charge in [0.2, 0.25) is 11.1 Å². The lowest BCUT2D eigenvalue weighted by molar-refractivity contribution is -0.115. The quantitative estimate of drug-likeness (QED) is 0.397. The van der Waals surface area contributed by atoms with Gasteiger partial charge < -0.3 is 14.2 Å². The number of furan rings is 2. The van der Waals surface area contributed by atoms with Crippen molar-refractivity contribution in [2.75, 3.05) is 5.32 Å². The highest BCUT2D eigenvalue weighted by Crippen LogP contribution is 2.31. The van der Waals surface area contributed by atoms with E-state index in [0.717, 1.165) is 5.56 Å². The number of benzene rings is 1. The number of carbonyl (C=O) groups excluding carboxylic acids is 1. The standard InChI is InChI=1S/C21H17ClN4O3S/c1-12-7-8-14(11-15(12)22)23-20(27)13(2)30-21-24-18(16-5-3-9-28-16)19(25-26-21)17-6-4-10-29-17/h3-11,13H,1-2H3,(H,23,27). The number of carbonyl (C=O) groups is 1. The van der Waals surface area contributed by atoms with Gasteiger partial charge in [0.05, 0.1) is 17.8 Å². The minimum Gasteiger partial charge on any atom is -0.463 e. The van der Waals surface area contributed by atoms with Gasteiger partial charge in [0.25, 0.3) is 0 Å². The molecule has 0 spiro atoms. The molecule has 30 heavy (non-hydrogen) atoms. The van der Waals surface area contributed by atoms with Crippen LogP contribution in [0.15, 0.2) is 69.0 Å². The van der Waals surface area contributed by atoms with E-state index in [9.17, 15) is 4.79 Å². The van der Waals surface area contributed by atoms with Crippen molar-refractivity contribution in [3.63, 3.8) is 0 Å². The van der Waals surface area contributed by atoms with Crippen LogP contribution in [0.1, 0.15) is 12.5 Å². The molecule has 0 aliphatic heterocycles. The molecule has 0 fully saturated rings. The van der Waals surface area contributed by atoms with Crippen molar-refractivity contribution in [1.82, 2.24) is 15.2 Å². The second-order valence-electron chi connectivity index (χ2n) is 6.46. The Hall–Kier alpha value is -3.10. The van der Waals surface area contributed by atoms with E-state index in [0.29, 0.717) is 38.8 Å². The molecule has 9 heteroatoms. The predicted molar refractivity (Wildman–Crippen MR) is 115 cm³/mol. The number of hydrogen-bond donors (Lipinski definition) is 1. The van der Waals surface area contributed by atoms with Crippen molar-refractivity contribution in [2.45, 2.75) is 24.3 Å². The lowest BCUT2D eigenvalue weighted by Crippen LogP contribution is -2.22. The number of aryl methyl sites for hydroxylation is 1. The Bertz CT molecular complexity index is 1160. The van der Waals surface area contributed by atoms with Crippen LogP contribution in [0.5, 0.6) is 0 Å². The number of anilines is 1. The number of hydrogen-bond acceptors (Lipinski definition) is 7. The molecule has 0 radical (unpaired) electrons. The van der Waals surface area contributed by atoms with Crippen LogP contribution in [-0.2, 0) is 4.79 Å². The number of halogens is 1. The molecule has 1 aromatic carbocycles. The summed E-state index contributed by atoms with van der Waals surface area (Å²) in [6.45, 7) is 3.67. The SMILES string of the molecule is Cc1ccc(NC(=O)C(C)Sc2nnc(-c3ccco3)c(-c3ccco3)n2)cc1Cl. The van der Waals surface area contributed by atoms with E-state index in [2.05, 4.69) is 20.5 Å². The van der Waals surface area contributed by atoms with Gasteiger partial charge in [-0.1, -0.05) is 29.4 Å². The predicted octanol–water partition coefficient (Wildman–Crippen LogP) is 5.47. The summed E-state index contributed by atoms with van der Waals surface area (Å²) in [6.07, 6.45) is 3.11. The van der Waals surface area contributed by atoms with E-state index in [1.807, 2.05) is 19.1 Å². The van der Waals surface area contributed by atoms with Crippen LogP contribution in [-0.4, -0.2) is 26.3 Å². The van der Waals surface area contributed by atoms with E-state index >= 15 is 0 Å². The Morgan fingerprint density at radius 3 is 2.40 bits per heavy atom. The van der Waals surface area contributed by atoms with E-state index in [-0.39, 0.29) is 5.91 Å². The van der Waals surface area contributed by atoms with E-state index < -0.39 is 5.25 Å². The summed E-state index contributed by atoms with van der Waals surface area (Å²) in [5.74, 6) is 0.864. The molecule has 1 amide bonds. The van der Waals surface area contributed by atoms with Crippen molar-refractivity contribution in [3.8, 4) is 22.9 Å². The molecule has 1 atom stereocenters. The number of thioether (sulfide) groups is 1. The Balaban J connectivity index is 1.54. The third kappa shape index (κ3) is 4.39. The van der Waals surface area contributed by atoms with Crippen molar-refractivity contribution in [3.05, 3.63) is 65.6 Å². The average Bonchev–Trinajstić information content (AvgIpc) is 3.45. The van der Waals surface area contributed by atoms with Crippen LogP contribution >= 0.6 is 23.4 Å². The van der Waals surface area contributed by atoms with Gasteiger partial charge in [0.15, 0.2) is 17.2 Å². The fourth-order valence-electron chi connectivity index (χ4n) is 2.65. The maximum atomic E-state index is 12.6. The number of aromatic nitrogens is 3. The zero-order valence-electron chi connectivity index (χ0n) is 16.1. The summed E-state index contributed by atoms with van der Waals surface area (Å²) in [5, 5.41) is 11.7.